The quantitative estimate of drug-likeness (QED) is 0.646. The van der Waals surface area contributed by atoms with Gasteiger partial charge in [-0.15, -0.1) is 0 Å². The van der Waals surface area contributed by atoms with E-state index >= 15 is 0 Å². The summed E-state index contributed by atoms with van der Waals surface area (Å²) >= 11 is 0. The molecule has 0 unspecified atom stereocenters. The molecule has 1 atom stereocenters. The van der Waals surface area contributed by atoms with Crippen molar-refractivity contribution in [2.45, 2.75) is 58.4 Å². The number of halogens is 1. The highest BCUT2D eigenvalue weighted by molar-refractivity contribution is 5.97. The van der Waals surface area contributed by atoms with Crippen LogP contribution in [-0.4, -0.2) is 23.8 Å². The van der Waals surface area contributed by atoms with Gasteiger partial charge in [-0.2, -0.15) is 0 Å². The first-order valence-electron chi connectivity index (χ1n) is 10.9. The van der Waals surface area contributed by atoms with Gasteiger partial charge in [0, 0.05) is 5.41 Å². The third-order valence-corrected chi connectivity index (χ3v) is 7.17. The molecule has 0 spiro atoms. The first-order valence-corrected chi connectivity index (χ1v) is 10.9. The lowest BCUT2D eigenvalue weighted by atomic mass is 9.49. The van der Waals surface area contributed by atoms with Crippen molar-refractivity contribution in [1.29, 1.82) is 0 Å². The molecule has 0 heterocycles. The number of hydrogen-bond donors (Lipinski definition) is 3. The molecular formula is C23H30FN3O3. The molecule has 4 aliphatic carbocycles. The van der Waals surface area contributed by atoms with Crippen LogP contribution in [0.5, 0.6) is 0 Å². The molecule has 5 rings (SSSR count). The molecule has 4 saturated carbocycles. The second-order valence-corrected chi connectivity index (χ2v) is 9.82. The number of amides is 3. The highest BCUT2D eigenvalue weighted by atomic mass is 19.1. The van der Waals surface area contributed by atoms with Gasteiger partial charge in [0.25, 0.3) is 11.8 Å². The summed E-state index contributed by atoms with van der Waals surface area (Å²) in [6.45, 7) is 3.70. The topological polar surface area (TPSA) is 87.3 Å². The fourth-order valence-corrected chi connectivity index (χ4v) is 6.13. The van der Waals surface area contributed by atoms with Gasteiger partial charge in [0.15, 0.2) is 0 Å². The number of benzene rings is 1. The van der Waals surface area contributed by atoms with Crippen molar-refractivity contribution < 1.29 is 18.8 Å². The third-order valence-electron chi connectivity index (χ3n) is 7.17. The first kappa shape index (κ1) is 20.8. The molecule has 7 heteroatoms. The van der Waals surface area contributed by atoms with Gasteiger partial charge in [0.2, 0.25) is 5.91 Å². The van der Waals surface area contributed by atoms with Crippen LogP contribution in [0.1, 0.15) is 62.7 Å². The van der Waals surface area contributed by atoms with Crippen molar-refractivity contribution in [2.24, 2.45) is 29.1 Å². The minimum absolute atomic E-state index is 0.0316. The van der Waals surface area contributed by atoms with Crippen LogP contribution in [-0.2, 0) is 9.59 Å². The zero-order valence-electron chi connectivity index (χ0n) is 17.5. The number of hydrazine groups is 1. The van der Waals surface area contributed by atoms with Crippen LogP contribution in [0.15, 0.2) is 24.3 Å². The summed E-state index contributed by atoms with van der Waals surface area (Å²) in [7, 11) is 0. The Morgan fingerprint density at radius 1 is 0.967 bits per heavy atom. The van der Waals surface area contributed by atoms with Gasteiger partial charge in [0.05, 0.1) is 5.56 Å². The molecule has 0 aliphatic heterocycles. The Morgan fingerprint density at radius 2 is 1.53 bits per heavy atom. The van der Waals surface area contributed by atoms with Gasteiger partial charge < -0.3 is 5.32 Å². The fraction of sp³-hybridized carbons (Fsp3) is 0.609. The lowest BCUT2D eigenvalue weighted by molar-refractivity contribution is -0.149. The largest absolute Gasteiger partial charge is 0.344 e. The van der Waals surface area contributed by atoms with Gasteiger partial charge in [0.1, 0.15) is 11.9 Å². The zero-order valence-corrected chi connectivity index (χ0v) is 17.5. The van der Waals surface area contributed by atoms with E-state index in [2.05, 4.69) is 16.2 Å². The molecule has 3 amide bonds. The van der Waals surface area contributed by atoms with Crippen molar-refractivity contribution >= 4 is 17.7 Å². The van der Waals surface area contributed by atoms with E-state index < -0.39 is 23.7 Å². The summed E-state index contributed by atoms with van der Waals surface area (Å²) in [5.74, 6) is -0.205. The first-order chi connectivity index (χ1) is 14.3. The molecule has 3 N–H and O–H groups in total. The molecular weight excluding hydrogens is 385 g/mol. The van der Waals surface area contributed by atoms with Crippen molar-refractivity contribution in [3.05, 3.63) is 35.6 Å². The lowest BCUT2D eigenvalue weighted by Crippen LogP contribution is -2.59. The Balaban J connectivity index is 1.39. The number of nitrogens with one attached hydrogen (secondary N) is 3. The van der Waals surface area contributed by atoms with E-state index in [0.29, 0.717) is 17.8 Å². The summed E-state index contributed by atoms with van der Waals surface area (Å²) in [5, 5.41) is 2.97. The Bertz CT molecular complexity index is 819. The summed E-state index contributed by atoms with van der Waals surface area (Å²) in [6, 6.07) is 4.78. The number of carbonyl (C=O) groups is 3. The van der Waals surface area contributed by atoms with Crippen LogP contribution >= 0.6 is 0 Å². The van der Waals surface area contributed by atoms with Gasteiger partial charge in [-0.05, 0) is 74.3 Å². The molecule has 4 bridgehead atoms. The van der Waals surface area contributed by atoms with Crippen molar-refractivity contribution in [2.75, 3.05) is 0 Å². The smallest absolute Gasteiger partial charge is 0.272 e. The van der Waals surface area contributed by atoms with Gasteiger partial charge in [-0.25, -0.2) is 4.39 Å². The minimum atomic E-state index is -0.772. The van der Waals surface area contributed by atoms with Crippen molar-refractivity contribution in [3.63, 3.8) is 0 Å². The van der Waals surface area contributed by atoms with Crippen LogP contribution in [0.2, 0.25) is 0 Å². The maximum absolute atomic E-state index is 13.8. The SMILES string of the molecule is CC(C)[C@H](NC(=O)C12CC3CC(CC(C3)C1)C2)C(=O)NNC(=O)c1ccccc1F. The van der Waals surface area contributed by atoms with Crippen LogP contribution in [0, 0.1) is 34.9 Å². The van der Waals surface area contributed by atoms with E-state index in [4.69, 9.17) is 0 Å². The highest BCUT2D eigenvalue weighted by Gasteiger charge is 2.55. The van der Waals surface area contributed by atoms with E-state index in [9.17, 15) is 18.8 Å². The second kappa shape index (κ2) is 8.00. The number of carbonyl (C=O) groups excluding carboxylic acids is 3. The monoisotopic (exact) mass is 415 g/mol. The summed E-state index contributed by atoms with van der Waals surface area (Å²) in [5.41, 5.74) is 4.10. The van der Waals surface area contributed by atoms with Gasteiger partial charge in [-0.3, -0.25) is 25.2 Å². The molecule has 4 aliphatic rings. The predicted octanol–water partition coefficient (Wildman–Crippen LogP) is 2.94. The Labute approximate surface area is 176 Å². The molecule has 30 heavy (non-hydrogen) atoms. The highest BCUT2D eigenvalue weighted by Crippen LogP contribution is 2.60. The van der Waals surface area contributed by atoms with Gasteiger partial charge in [-0.1, -0.05) is 26.0 Å². The van der Waals surface area contributed by atoms with Crippen LogP contribution < -0.4 is 16.2 Å². The van der Waals surface area contributed by atoms with E-state index in [0.717, 1.165) is 19.3 Å². The fourth-order valence-electron chi connectivity index (χ4n) is 6.13. The molecule has 6 nitrogen and oxygen atoms in total. The maximum atomic E-state index is 13.8. The minimum Gasteiger partial charge on any atom is -0.344 e. The van der Waals surface area contributed by atoms with Crippen molar-refractivity contribution in [3.8, 4) is 0 Å². The standard InChI is InChI=1S/C23H30FN3O3/c1-13(2)19(21(29)27-26-20(28)17-5-3-4-6-18(17)24)25-22(30)23-10-14-7-15(11-23)9-16(8-14)12-23/h3-6,13-16,19H,7-12H2,1-2H3,(H,25,30)(H,26,28)(H,27,29)/t14?,15?,16?,19-,23?/m0/s1. The molecule has 162 valence electrons. The molecule has 0 aromatic heterocycles. The van der Waals surface area contributed by atoms with E-state index in [1.54, 1.807) is 6.07 Å². The van der Waals surface area contributed by atoms with Crippen LogP contribution in [0.3, 0.4) is 0 Å². The maximum Gasteiger partial charge on any atom is 0.272 e. The molecule has 4 fully saturated rings. The predicted molar refractivity (Wildman–Crippen MR) is 109 cm³/mol. The zero-order chi connectivity index (χ0) is 21.5. The average Bonchev–Trinajstić information content (AvgIpc) is 2.68. The van der Waals surface area contributed by atoms with E-state index in [-0.39, 0.29) is 22.8 Å². The Kier molecular flexibility index (Phi) is 5.55. The molecule has 0 radical (unpaired) electrons. The number of rotatable bonds is 5. The van der Waals surface area contributed by atoms with Gasteiger partial charge >= 0.3 is 0 Å². The summed E-state index contributed by atoms with van der Waals surface area (Å²) < 4.78 is 13.8. The van der Waals surface area contributed by atoms with E-state index in [1.165, 1.54) is 37.5 Å². The van der Waals surface area contributed by atoms with Crippen LogP contribution in [0.4, 0.5) is 4.39 Å². The third kappa shape index (κ3) is 3.94. The average molecular weight is 416 g/mol. The normalized spacial score (nSPS) is 30.1. The van der Waals surface area contributed by atoms with E-state index in [1.807, 2.05) is 13.8 Å². The Morgan fingerprint density at radius 3 is 2.07 bits per heavy atom. The second-order valence-electron chi connectivity index (χ2n) is 9.82. The number of hydrogen-bond acceptors (Lipinski definition) is 3. The molecule has 1 aromatic rings. The lowest BCUT2D eigenvalue weighted by Gasteiger charge is -2.55. The van der Waals surface area contributed by atoms with Crippen molar-refractivity contribution in [1.82, 2.24) is 16.2 Å². The summed E-state index contributed by atoms with van der Waals surface area (Å²) in [6.07, 6.45) is 6.47. The molecule has 0 saturated heterocycles. The summed E-state index contributed by atoms with van der Waals surface area (Å²) in [4.78, 5) is 38.2. The van der Waals surface area contributed by atoms with Crippen LogP contribution in [0.25, 0.3) is 0 Å². The molecule has 1 aromatic carbocycles. The Hall–Kier alpha value is -2.44.